The van der Waals surface area contributed by atoms with Gasteiger partial charge in [0.15, 0.2) is 0 Å². The topological polar surface area (TPSA) is 73.6 Å². The predicted molar refractivity (Wildman–Crippen MR) is 106 cm³/mol. The summed E-state index contributed by atoms with van der Waals surface area (Å²) in [4.78, 5) is 12.2. The molecule has 28 heavy (non-hydrogen) atoms. The van der Waals surface area contributed by atoms with E-state index in [4.69, 9.17) is 14.0 Å². The summed E-state index contributed by atoms with van der Waals surface area (Å²) in [7, 11) is 0. The van der Waals surface area contributed by atoms with Crippen molar-refractivity contribution in [2.45, 2.75) is 27.4 Å². The summed E-state index contributed by atoms with van der Waals surface area (Å²) in [6.45, 7) is 6.98. The van der Waals surface area contributed by atoms with Crippen LogP contribution >= 0.6 is 0 Å². The molecule has 0 unspecified atom stereocenters. The van der Waals surface area contributed by atoms with Crippen molar-refractivity contribution >= 4 is 5.91 Å². The summed E-state index contributed by atoms with van der Waals surface area (Å²) in [5.74, 6) is 2.07. The van der Waals surface area contributed by atoms with Crippen LogP contribution in [0, 0.1) is 20.8 Å². The summed E-state index contributed by atoms with van der Waals surface area (Å²) < 4.78 is 16.5. The zero-order chi connectivity index (χ0) is 19.9. The fourth-order valence-corrected chi connectivity index (χ4v) is 2.64. The Morgan fingerprint density at radius 1 is 0.964 bits per heavy atom. The first kappa shape index (κ1) is 19.5. The number of nitrogens with one attached hydrogen (secondary N) is 1. The number of hydrogen-bond donors (Lipinski definition) is 1. The number of ether oxygens (including phenoxy) is 2. The van der Waals surface area contributed by atoms with Crippen molar-refractivity contribution in [2.24, 2.45) is 0 Å². The van der Waals surface area contributed by atoms with E-state index in [9.17, 15) is 4.79 Å². The van der Waals surface area contributed by atoms with Crippen LogP contribution in [0.5, 0.6) is 11.5 Å². The molecule has 1 aromatic heterocycles. The van der Waals surface area contributed by atoms with Gasteiger partial charge in [-0.05, 0) is 57.2 Å². The molecule has 6 heteroatoms. The third-order valence-electron chi connectivity index (χ3n) is 4.36. The summed E-state index contributed by atoms with van der Waals surface area (Å²) in [6.07, 6.45) is 0. The van der Waals surface area contributed by atoms with Crippen LogP contribution < -0.4 is 14.8 Å². The molecular weight excluding hydrogens is 356 g/mol. The van der Waals surface area contributed by atoms with Crippen LogP contribution in [0.25, 0.3) is 0 Å². The minimum Gasteiger partial charge on any atom is -0.492 e. The van der Waals surface area contributed by atoms with Crippen molar-refractivity contribution in [1.29, 1.82) is 0 Å². The monoisotopic (exact) mass is 380 g/mol. The van der Waals surface area contributed by atoms with Crippen molar-refractivity contribution in [1.82, 2.24) is 10.5 Å². The molecule has 2 aromatic carbocycles. The second kappa shape index (κ2) is 9.08. The van der Waals surface area contributed by atoms with Crippen molar-refractivity contribution in [3.05, 3.63) is 76.7 Å². The molecule has 0 radical (unpaired) electrons. The lowest BCUT2D eigenvalue weighted by Crippen LogP contribution is -2.28. The number of carbonyl (C=O) groups is 1. The van der Waals surface area contributed by atoms with Gasteiger partial charge in [0.25, 0.3) is 5.91 Å². The molecular formula is C22H24N2O4. The van der Waals surface area contributed by atoms with Gasteiger partial charge < -0.3 is 19.3 Å². The molecule has 0 atom stereocenters. The van der Waals surface area contributed by atoms with Gasteiger partial charge in [-0.25, -0.2) is 0 Å². The maximum absolute atomic E-state index is 12.2. The van der Waals surface area contributed by atoms with Crippen LogP contribution in [0.15, 0.2) is 53.1 Å². The van der Waals surface area contributed by atoms with E-state index < -0.39 is 0 Å². The van der Waals surface area contributed by atoms with E-state index >= 15 is 0 Å². The largest absolute Gasteiger partial charge is 0.492 e. The van der Waals surface area contributed by atoms with Crippen LogP contribution in [0.3, 0.4) is 0 Å². The molecule has 0 aliphatic carbocycles. The molecule has 0 bridgehead atoms. The Morgan fingerprint density at radius 3 is 2.25 bits per heavy atom. The van der Waals surface area contributed by atoms with Crippen LogP contribution in [0.1, 0.15) is 32.9 Å². The zero-order valence-corrected chi connectivity index (χ0v) is 16.3. The van der Waals surface area contributed by atoms with Gasteiger partial charge in [0.05, 0.1) is 17.8 Å². The van der Waals surface area contributed by atoms with Gasteiger partial charge in [-0.3, -0.25) is 4.79 Å². The smallest absolute Gasteiger partial charge is 0.251 e. The first-order valence-electron chi connectivity index (χ1n) is 9.15. The highest BCUT2D eigenvalue weighted by atomic mass is 16.5. The SMILES string of the molecule is Cc1ccc(OCCNC(=O)c2ccc(OCc3c(C)noc3C)cc2)cc1. The molecule has 0 saturated heterocycles. The Kier molecular flexibility index (Phi) is 6.32. The maximum Gasteiger partial charge on any atom is 0.251 e. The number of benzene rings is 2. The van der Waals surface area contributed by atoms with Gasteiger partial charge in [0.1, 0.15) is 30.5 Å². The molecule has 1 amide bonds. The highest BCUT2D eigenvalue weighted by molar-refractivity contribution is 5.94. The lowest BCUT2D eigenvalue weighted by molar-refractivity contribution is 0.0947. The van der Waals surface area contributed by atoms with E-state index in [0.717, 1.165) is 22.8 Å². The third kappa shape index (κ3) is 5.13. The van der Waals surface area contributed by atoms with Gasteiger partial charge in [0.2, 0.25) is 0 Å². The summed E-state index contributed by atoms with van der Waals surface area (Å²) in [5.41, 5.74) is 3.51. The predicted octanol–water partition coefficient (Wildman–Crippen LogP) is 3.99. The van der Waals surface area contributed by atoms with Crippen LogP contribution in [-0.2, 0) is 6.61 Å². The standard InChI is InChI=1S/C22H24N2O4/c1-15-4-8-19(9-5-15)26-13-12-23-22(25)18-6-10-20(11-7-18)27-14-21-16(2)24-28-17(21)3/h4-11H,12-14H2,1-3H3,(H,23,25). The summed E-state index contributed by atoms with van der Waals surface area (Å²) in [5, 5.41) is 6.75. The fraction of sp³-hybridized carbons (Fsp3) is 0.273. The van der Waals surface area contributed by atoms with Crippen molar-refractivity contribution in [3.8, 4) is 11.5 Å². The van der Waals surface area contributed by atoms with E-state index in [1.165, 1.54) is 5.56 Å². The van der Waals surface area contributed by atoms with Gasteiger partial charge in [0, 0.05) is 5.56 Å². The van der Waals surface area contributed by atoms with Crippen molar-refractivity contribution in [3.63, 3.8) is 0 Å². The summed E-state index contributed by atoms with van der Waals surface area (Å²) in [6, 6.07) is 14.8. The first-order chi connectivity index (χ1) is 13.5. The van der Waals surface area contributed by atoms with E-state index in [1.807, 2.05) is 45.0 Å². The number of aryl methyl sites for hydroxylation is 3. The van der Waals surface area contributed by atoms with Gasteiger partial charge in [-0.15, -0.1) is 0 Å². The molecule has 1 N–H and O–H groups in total. The van der Waals surface area contributed by atoms with E-state index in [-0.39, 0.29) is 5.91 Å². The van der Waals surface area contributed by atoms with E-state index in [2.05, 4.69) is 10.5 Å². The number of carbonyl (C=O) groups excluding carboxylic acids is 1. The number of aromatic nitrogens is 1. The molecule has 6 nitrogen and oxygen atoms in total. The molecule has 0 aliphatic rings. The van der Waals surface area contributed by atoms with Crippen molar-refractivity contribution in [2.75, 3.05) is 13.2 Å². The quantitative estimate of drug-likeness (QED) is 0.598. The van der Waals surface area contributed by atoms with Gasteiger partial charge in [-0.2, -0.15) is 0 Å². The average Bonchev–Trinajstić information content (AvgIpc) is 3.03. The normalized spacial score (nSPS) is 10.5. The first-order valence-corrected chi connectivity index (χ1v) is 9.15. The van der Waals surface area contributed by atoms with Crippen LogP contribution in [0.4, 0.5) is 0 Å². The van der Waals surface area contributed by atoms with E-state index in [1.54, 1.807) is 24.3 Å². The Balaban J connectivity index is 1.43. The van der Waals surface area contributed by atoms with Gasteiger partial charge in [-0.1, -0.05) is 22.9 Å². The number of nitrogens with zero attached hydrogens (tertiary/aromatic N) is 1. The number of rotatable bonds is 8. The molecule has 146 valence electrons. The highest BCUT2D eigenvalue weighted by Gasteiger charge is 2.10. The van der Waals surface area contributed by atoms with Crippen LogP contribution in [0.2, 0.25) is 0 Å². The molecule has 3 rings (SSSR count). The molecule has 0 fully saturated rings. The lowest BCUT2D eigenvalue weighted by Gasteiger charge is -2.09. The molecule has 0 spiro atoms. The Hall–Kier alpha value is -3.28. The third-order valence-corrected chi connectivity index (χ3v) is 4.36. The minimum atomic E-state index is -0.148. The highest BCUT2D eigenvalue weighted by Crippen LogP contribution is 2.18. The lowest BCUT2D eigenvalue weighted by atomic mass is 10.2. The Labute approximate surface area is 164 Å². The molecule has 3 aromatic rings. The maximum atomic E-state index is 12.2. The van der Waals surface area contributed by atoms with Crippen LogP contribution in [-0.4, -0.2) is 24.2 Å². The second-order valence-corrected chi connectivity index (χ2v) is 6.53. The number of amides is 1. The van der Waals surface area contributed by atoms with Gasteiger partial charge >= 0.3 is 0 Å². The summed E-state index contributed by atoms with van der Waals surface area (Å²) >= 11 is 0. The Bertz CT molecular complexity index is 895. The Morgan fingerprint density at radius 2 is 1.61 bits per heavy atom. The van der Waals surface area contributed by atoms with Crippen molar-refractivity contribution < 1.29 is 18.8 Å². The zero-order valence-electron chi connectivity index (χ0n) is 16.3. The molecule has 0 aliphatic heterocycles. The molecule has 1 heterocycles. The minimum absolute atomic E-state index is 0.148. The van der Waals surface area contributed by atoms with E-state index in [0.29, 0.717) is 31.1 Å². The average molecular weight is 380 g/mol. The fourth-order valence-electron chi connectivity index (χ4n) is 2.64. The second-order valence-electron chi connectivity index (χ2n) is 6.53. The molecule has 0 saturated carbocycles. The number of hydrogen-bond acceptors (Lipinski definition) is 5.